The summed E-state index contributed by atoms with van der Waals surface area (Å²) in [6, 6.07) is 19.2. The minimum absolute atomic E-state index is 0.607. The van der Waals surface area contributed by atoms with Crippen molar-refractivity contribution in [1.82, 2.24) is 5.32 Å². The quantitative estimate of drug-likeness (QED) is 0.888. The van der Waals surface area contributed by atoms with E-state index in [4.69, 9.17) is 11.6 Å². The van der Waals surface area contributed by atoms with Crippen LogP contribution in [0.3, 0.4) is 0 Å². The Morgan fingerprint density at radius 2 is 1.90 bits per heavy atom. The normalized spacial score (nSPS) is 22.6. The van der Waals surface area contributed by atoms with E-state index in [0.29, 0.717) is 11.8 Å². The van der Waals surface area contributed by atoms with Gasteiger partial charge in [0.2, 0.25) is 0 Å². The topological polar surface area (TPSA) is 12.0 Å². The molecule has 2 heteroatoms. The summed E-state index contributed by atoms with van der Waals surface area (Å²) in [7, 11) is 0. The molecule has 2 unspecified atom stereocenters. The average Bonchev–Trinajstić information content (AvgIpc) is 2.49. The third kappa shape index (κ3) is 3.23. The van der Waals surface area contributed by atoms with Gasteiger partial charge in [-0.25, -0.2) is 0 Å². The zero-order valence-electron chi connectivity index (χ0n) is 11.6. The standard InChI is InChI=1S/C18H20ClN/c19-17-8-4-7-15(12-17)18-9-10-20-13-16(18)11-14-5-2-1-3-6-14/h1-8,12,16,18,20H,9-11,13H2. The first kappa shape index (κ1) is 13.7. The Labute approximate surface area is 126 Å². The van der Waals surface area contributed by atoms with E-state index < -0.39 is 0 Å². The molecule has 104 valence electrons. The fourth-order valence-corrected chi connectivity index (χ4v) is 3.43. The van der Waals surface area contributed by atoms with E-state index in [1.54, 1.807) is 0 Å². The van der Waals surface area contributed by atoms with Gasteiger partial charge in [-0.15, -0.1) is 0 Å². The molecule has 1 aliphatic rings. The summed E-state index contributed by atoms with van der Waals surface area (Å²) >= 11 is 6.16. The fourth-order valence-electron chi connectivity index (χ4n) is 3.23. The van der Waals surface area contributed by atoms with E-state index in [-0.39, 0.29) is 0 Å². The molecular weight excluding hydrogens is 266 g/mol. The van der Waals surface area contributed by atoms with Gasteiger partial charge in [0, 0.05) is 5.02 Å². The number of halogens is 1. The van der Waals surface area contributed by atoms with Gasteiger partial charge in [-0.1, -0.05) is 54.1 Å². The van der Waals surface area contributed by atoms with Crippen LogP contribution in [-0.2, 0) is 6.42 Å². The molecule has 0 amide bonds. The first-order chi connectivity index (χ1) is 9.83. The summed E-state index contributed by atoms with van der Waals surface area (Å²) in [5.41, 5.74) is 2.81. The highest BCUT2D eigenvalue weighted by Gasteiger charge is 2.26. The summed E-state index contributed by atoms with van der Waals surface area (Å²) in [4.78, 5) is 0. The number of rotatable bonds is 3. The maximum Gasteiger partial charge on any atom is 0.0408 e. The Balaban J connectivity index is 1.80. The van der Waals surface area contributed by atoms with Gasteiger partial charge in [0.15, 0.2) is 0 Å². The molecule has 1 fully saturated rings. The van der Waals surface area contributed by atoms with Crippen molar-refractivity contribution in [3.8, 4) is 0 Å². The molecule has 1 nitrogen and oxygen atoms in total. The molecular formula is C18H20ClN. The predicted molar refractivity (Wildman–Crippen MR) is 85.3 cm³/mol. The molecule has 0 spiro atoms. The van der Waals surface area contributed by atoms with Gasteiger partial charge < -0.3 is 5.32 Å². The van der Waals surface area contributed by atoms with Gasteiger partial charge in [0.1, 0.15) is 0 Å². The van der Waals surface area contributed by atoms with Gasteiger partial charge in [0.05, 0.1) is 0 Å². The van der Waals surface area contributed by atoms with Gasteiger partial charge in [0.25, 0.3) is 0 Å². The van der Waals surface area contributed by atoms with Crippen molar-refractivity contribution in [3.63, 3.8) is 0 Å². The van der Waals surface area contributed by atoms with Crippen molar-refractivity contribution in [2.75, 3.05) is 13.1 Å². The number of piperidine rings is 1. The zero-order valence-corrected chi connectivity index (χ0v) is 12.3. The van der Waals surface area contributed by atoms with Crippen molar-refractivity contribution in [2.24, 2.45) is 5.92 Å². The highest BCUT2D eigenvalue weighted by atomic mass is 35.5. The van der Waals surface area contributed by atoms with Crippen molar-refractivity contribution < 1.29 is 0 Å². The monoisotopic (exact) mass is 285 g/mol. The van der Waals surface area contributed by atoms with Gasteiger partial charge >= 0.3 is 0 Å². The van der Waals surface area contributed by atoms with Crippen LogP contribution in [0.5, 0.6) is 0 Å². The van der Waals surface area contributed by atoms with Crippen LogP contribution in [-0.4, -0.2) is 13.1 Å². The molecule has 1 aliphatic heterocycles. The molecule has 20 heavy (non-hydrogen) atoms. The first-order valence-corrected chi connectivity index (χ1v) is 7.71. The van der Waals surface area contributed by atoms with Gasteiger partial charge in [-0.05, 0) is 61.0 Å². The van der Waals surface area contributed by atoms with Crippen molar-refractivity contribution in [2.45, 2.75) is 18.8 Å². The summed E-state index contributed by atoms with van der Waals surface area (Å²) < 4.78 is 0. The predicted octanol–water partition coefficient (Wildman–Crippen LogP) is 4.28. The van der Waals surface area contributed by atoms with Crippen LogP contribution in [0.25, 0.3) is 0 Å². The van der Waals surface area contributed by atoms with Crippen molar-refractivity contribution in [1.29, 1.82) is 0 Å². The molecule has 1 saturated heterocycles. The van der Waals surface area contributed by atoms with E-state index in [0.717, 1.165) is 24.5 Å². The van der Waals surface area contributed by atoms with Crippen LogP contribution < -0.4 is 5.32 Å². The van der Waals surface area contributed by atoms with Gasteiger partial charge in [-0.3, -0.25) is 0 Å². The SMILES string of the molecule is Clc1cccc(C2CCNCC2Cc2ccccc2)c1. The Kier molecular flexibility index (Phi) is 4.39. The van der Waals surface area contributed by atoms with E-state index in [2.05, 4.69) is 53.8 Å². The second-order valence-electron chi connectivity index (χ2n) is 5.60. The third-order valence-electron chi connectivity index (χ3n) is 4.23. The lowest BCUT2D eigenvalue weighted by Gasteiger charge is -2.33. The first-order valence-electron chi connectivity index (χ1n) is 7.33. The molecule has 0 bridgehead atoms. The molecule has 2 atom stereocenters. The Morgan fingerprint density at radius 3 is 2.70 bits per heavy atom. The molecule has 2 aromatic carbocycles. The summed E-state index contributed by atoms with van der Waals surface area (Å²) in [5, 5.41) is 4.38. The third-order valence-corrected chi connectivity index (χ3v) is 4.46. The van der Waals surface area contributed by atoms with Crippen LogP contribution in [0.2, 0.25) is 5.02 Å². The molecule has 2 aromatic rings. The smallest absolute Gasteiger partial charge is 0.0408 e. The number of hydrogen-bond donors (Lipinski definition) is 1. The number of hydrogen-bond acceptors (Lipinski definition) is 1. The summed E-state index contributed by atoms with van der Waals surface area (Å²) in [5.74, 6) is 1.25. The lowest BCUT2D eigenvalue weighted by molar-refractivity contribution is 0.324. The van der Waals surface area contributed by atoms with Crippen LogP contribution >= 0.6 is 11.6 Å². The number of nitrogens with one attached hydrogen (secondary N) is 1. The average molecular weight is 286 g/mol. The molecule has 1 N–H and O–H groups in total. The Bertz CT molecular complexity index is 552. The highest BCUT2D eigenvalue weighted by molar-refractivity contribution is 6.30. The summed E-state index contributed by atoms with van der Waals surface area (Å²) in [6.07, 6.45) is 2.32. The lowest BCUT2D eigenvalue weighted by Crippen LogP contribution is -2.36. The Hall–Kier alpha value is -1.31. The zero-order chi connectivity index (χ0) is 13.8. The molecule has 0 aromatic heterocycles. The maximum absolute atomic E-state index is 6.16. The van der Waals surface area contributed by atoms with E-state index in [1.807, 2.05) is 6.07 Å². The minimum Gasteiger partial charge on any atom is -0.316 e. The molecule has 1 heterocycles. The Morgan fingerprint density at radius 1 is 1.05 bits per heavy atom. The van der Waals surface area contributed by atoms with Crippen molar-refractivity contribution in [3.05, 3.63) is 70.7 Å². The van der Waals surface area contributed by atoms with E-state index in [1.165, 1.54) is 17.5 Å². The second kappa shape index (κ2) is 6.43. The highest BCUT2D eigenvalue weighted by Crippen LogP contribution is 2.33. The molecule has 0 radical (unpaired) electrons. The van der Waals surface area contributed by atoms with Crippen molar-refractivity contribution >= 4 is 11.6 Å². The molecule has 3 rings (SSSR count). The van der Waals surface area contributed by atoms with Crippen LogP contribution in [0.15, 0.2) is 54.6 Å². The largest absolute Gasteiger partial charge is 0.316 e. The van der Waals surface area contributed by atoms with E-state index in [9.17, 15) is 0 Å². The lowest BCUT2D eigenvalue weighted by atomic mass is 9.78. The van der Waals surface area contributed by atoms with Crippen LogP contribution in [0.1, 0.15) is 23.5 Å². The van der Waals surface area contributed by atoms with Gasteiger partial charge in [-0.2, -0.15) is 0 Å². The fraction of sp³-hybridized carbons (Fsp3) is 0.333. The van der Waals surface area contributed by atoms with E-state index >= 15 is 0 Å². The second-order valence-corrected chi connectivity index (χ2v) is 6.04. The minimum atomic E-state index is 0.607. The summed E-state index contributed by atoms with van der Waals surface area (Å²) in [6.45, 7) is 2.19. The van der Waals surface area contributed by atoms with Crippen LogP contribution in [0, 0.1) is 5.92 Å². The maximum atomic E-state index is 6.16. The molecule has 0 saturated carbocycles. The number of benzene rings is 2. The molecule has 0 aliphatic carbocycles. The van der Waals surface area contributed by atoms with Crippen LogP contribution in [0.4, 0.5) is 0 Å².